The van der Waals surface area contributed by atoms with Gasteiger partial charge in [0.25, 0.3) is 0 Å². The Morgan fingerprint density at radius 2 is 2.08 bits per heavy atom. The van der Waals surface area contributed by atoms with E-state index in [0.717, 1.165) is 6.54 Å². The summed E-state index contributed by atoms with van der Waals surface area (Å²) in [7, 11) is 3.81. The molecule has 0 aromatic rings. The Bertz CT molecular complexity index is 180. The number of likely N-dealkylation sites (N-methyl/N-ethyl adjacent to an activating group) is 2. The molecule has 0 aromatic carbocycles. The molecule has 1 amide bonds. The van der Waals surface area contributed by atoms with Crippen molar-refractivity contribution in [2.24, 2.45) is 5.73 Å². The van der Waals surface area contributed by atoms with Gasteiger partial charge in [-0.25, -0.2) is 0 Å². The first-order valence-electron chi connectivity index (χ1n) is 4.79. The molecule has 0 saturated heterocycles. The Morgan fingerprint density at radius 3 is 2.54 bits per heavy atom. The maximum absolute atomic E-state index is 11.6. The average molecular weight is 185 g/mol. The minimum absolute atomic E-state index is 0.207. The Labute approximate surface area is 79.7 Å². The predicted octanol–water partition coefficient (Wildman–Crippen LogP) is -0.502. The standard InChI is InChI=1S/C9H19N3O/c1-11(6-5-10)7-9(13)12(2)8-3-4-8/h8H,3-7,10H2,1-2H3. The quantitative estimate of drug-likeness (QED) is 0.628. The molecule has 4 nitrogen and oxygen atoms in total. The van der Waals surface area contributed by atoms with Gasteiger partial charge in [-0.2, -0.15) is 0 Å². The van der Waals surface area contributed by atoms with Crippen LogP contribution in [0.25, 0.3) is 0 Å². The van der Waals surface area contributed by atoms with E-state index in [4.69, 9.17) is 5.73 Å². The summed E-state index contributed by atoms with van der Waals surface area (Å²) in [5.74, 6) is 0.207. The van der Waals surface area contributed by atoms with Crippen molar-refractivity contribution in [3.8, 4) is 0 Å². The van der Waals surface area contributed by atoms with Gasteiger partial charge in [0.2, 0.25) is 5.91 Å². The van der Waals surface area contributed by atoms with Gasteiger partial charge >= 0.3 is 0 Å². The number of nitrogens with zero attached hydrogens (tertiary/aromatic N) is 2. The molecule has 2 N–H and O–H groups in total. The van der Waals surface area contributed by atoms with Crippen molar-refractivity contribution in [2.45, 2.75) is 18.9 Å². The van der Waals surface area contributed by atoms with E-state index in [0.29, 0.717) is 19.1 Å². The topological polar surface area (TPSA) is 49.6 Å². The first-order valence-corrected chi connectivity index (χ1v) is 4.79. The predicted molar refractivity (Wildman–Crippen MR) is 52.3 cm³/mol. The monoisotopic (exact) mass is 185 g/mol. The van der Waals surface area contributed by atoms with Crippen LogP contribution in [-0.4, -0.2) is 55.5 Å². The molecular formula is C9H19N3O. The number of hydrogen-bond acceptors (Lipinski definition) is 3. The normalized spacial score (nSPS) is 16.3. The van der Waals surface area contributed by atoms with Crippen LogP contribution in [0.2, 0.25) is 0 Å². The van der Waals surface area contributed by atoms with Gasteiger partial charge in [-0.05, 0) is 19.9 Å². The Balaban J connectivity index is 2.22. The molecule has 0 aliphatic heterocycles. The van der Waals surface area contributed by atoms with Gasteiger partial charge in [-0.1, -0.05) is 0 Å². The number of nitrogens with two attached hydrogens (primary N) is 1. The second kappa shape index (κ2) is 4.58. The number of carbonyl (C=O) groups excluding carboxylic acids is 1. The van der Waals surface area contributed by atoms with Crippen LogP contribution in [0.1, 0.15) is 12.8 Å². The third kappa shape index (κ3) is 3.32. The molecule has 0 unspecified atom stereocenters. The van der Waals surface area contributed by atoms with Gasteiger partial charge < -0.3 is 10.6 Å². The summed E-state index contributed by atoms with van der Waals surface area (Å²) >= 11 is 0. The smallest absolute Gasteiger partial charge is 0.236 e. The van der Waals surface area contributed by atoms with Crippen LogP contribution >= 0.6 is 0 Å². The SMILES string of the molecule is CN(CCN)CC(=O)N(C)C1CC1. The molecule has 0 bridgehead atoms. The van der Waals surface area contributed by atoms with E-state index in [1.807, 2.05) is 23.9 Å². The first kappa shape index (κ1) is 10.5. The molecule has 13 heavy (non-hydrogen) atoms. The summed E-state index contributed by atoms with van der Waals surface area (Å²) < 4.78 is 0. The van der Waals surface area contributed by atoms with Crippen molar-refractivity contribution in [3.63, 3.8) is 0 Å². The average Bonchev–Trinajstić information content (AvgIpc) is 2.85. The highest BCUT2D eigenvalue weighted by Gasteiger charge is 2.29. The lowest BCUT2D eigenvalue weighted by atomic mass is 10.4. The van der Waals surface area contributed by atoms with Crippen molar-refractivity contribution >= 4 is 5.91 Å². The molecule has 76 valence electrons. The molecule has 0 aromatic heterocycles. The lowest BCUT2D eigenvalue weighted by molar-refractivity contribution is -0.131. The van der Waals surface area contributed by atoms with Gasteiger partial charge in [0.05, 0.1) is 6.54 Å². The summed E-state index contributed by atoms with van der Waals surface area (Å²) in [6.07, 6.45) is 2.34. The fourth-order valence-electron chi connectivity index (χ4n) is 1.31. The highest BCUT2D eigenvalue weighted by molar-refractivity contribution is 5.78. The summed E-state index contributed by atoms with van der Waals surface area (Å²) in [5, 5.41) is 0. The number of amides is 1. The Morgan fingerprint density at radius 1 is 1.46 bits per heavy atom. The van der Waals surface area contributed by atoms with E-state index in [2.05, 4.69) is 0 Å². The third-order valence-corrected chi connectivity index (χ3v) is 2.40. The third-order valence-electron chi connectivity index (χ3n) is 2.40. The van der Waals surface area contributed by atoms with Crippen LogP contribution in [0, 0.1) is 0 Å². The highest BCUT2D eigenvalue weighted by Crippen LogP contribution is 2.25. The molecule has 1 aliphatic rings. The molecule has 4 heteroatoms. The summed E-state index contributed by atoms with van der Waals surface area (Å²) in [4.78, 5) is 15.4. The summed E-state index contributed by atoms with van der Waals surface area (Å²) in [6, 6.07) is 0.513. The lowest BCUT2D eigenvalue weighted by Gasteiger charge is -2.20. The Kier molecular flexibility index (Phi) is 3.69. The zero-order chi connectivity index (χ0) is 9.84. The van der Waals surface area contributed by atoms with E-state index in [9.17, 15) is 4.79 Å². The molecule has 0 heterocycles. The maximum atomic E-state index is 11.6. The molecule has 1 saturated carbocycles. The maximum Gasteiger partial charge on any atom is 0.236 e. The molecule has 1 aliphatic carbocycles. The van der Waals surface area contributed by atoms with Crippen molar-refractivity contribution < 1.29 is 4.79 Å². The second-order valence-corrected chi connectivity index (χ2v) is 3.76. The van der Waals surface area contributed by atoms with Crippen LogP contribution in [0.3, 0.4) is 0 Å². The first-order chi connectivity index (χ1) is 6.15. The second-order valence-electron chi connectivity index (χ2n) is 3.76. The van der Waals surface area contributed by atoms with E-state index in [-0.39, 0.29) is 5.91 Å². The minimum atomic E-state index is 0.207. The van der Waals surface area contributed by atoms with Crippen LogP contribution in [0.15, 0.2) is 0 Å². The molecule has 0 atom stereocenters. The lowest BCUT2D eigenvalue weighted by Crippen LogP contribution is -2.39. The van der Waals surface area contributed by atoms with E-state index in [1.54, 1.807) is 0 Å². The molecule has 0 spiro atoms. The molecular weight excluding hydrogens is 166 g/mol. The van der Waals surface area contributed by atoms with Gasteiger partial charge in [-0.15, -0.1) is 0 Å². The fraction of sp³-hybridized carbons (Fsp3) is 0.889. The van der Waals surface area contributed by atoms with E-state index in [1.165, 1.54) is 12.8 Å². The van der Waals surface area contributed by atoms with Crippen LogP contribution in [-0.2, 0) is 4.79 Å². The van der Waals surface area contributed by atoms with Gasteiger partial charge in [0.1, 0.15) is 0 Å². The summed E-state index contributed by atoms with van der Waals surface area (Å²) in [6.45, 7) is 1.88. The van der Waals surface area contributed by atoms with E-state index >= 15 is 0 Å². The molecule has 1 fully saturated rings. The fourth-order valence-corrected chi connectivity index (χ4v) is 1.31. The van der Waals surface area contributed by atoms with E-state index < -0.39 is 0 Å². The molecule has 1 rings (SSSR count). The zero-order valence-electron chi connectivity index (χ0n) is 8.49. The number of rotatable bonds is 5. The minimum Gasteiger partial charge on any atom is -0.342 e. The van der Waals surface area contributed by atoms with Crippen LogP contribution < -0.4 is 5.73 Å². The number of hydrogen-bond donors (Lipinski definition) is 1. The highest BCUT2D eigenvalue weighted by atomic mass is 16.2. The largest absolute Gasteiger partial charge is 0.342 e. The van der Waals surface area contributed by atoms with Gasteiger partial charge in [0, 0.05) is 26.2 Å². The van der Waals surface area contributed by atoms with Crippen molar-refractivity contribution in [3.05, 3.63) is 0 Å². The van der Waals surface area contributed by atoms with Gasteiger partial charge in [0.15, 0.2) is 0 Å². The van der Waals surface area contributed by atoms with Crippen LogP contribution in [0.4, 0.5) is 0 Å². The van der Waals surface area contributed by atoms with Crippen molar-refractivity contribution in [1.82, 2.24) is 9.80 Å². The Hall–Kier alpha value is -0.610. The zero-order valence-corrected chi connectivity index (χ0v) is 8.49. The van der Waals surface area contributed by atoms with Crippen LogP contribution in [0.5, 0.6) is 0 Å². The summed E-state index contributed by atoms with van der Waals surface area (Å²) in [5.41, 5.74) is 5.39. The van der Waals surface area contributed by atoms with Crippen molar-refractivity contribution in [1.29, 1.82) is 0 Å². The number of carbonyl (C=O) groups is 1. The van der Waals surface area contributed by atoms with Crippen molar-refractivity contribution in [2.75, 3.05) is 33.7 Å². The molecule has 0 radical (unpaired) electrons. The van der Waals surface area contributed by atoms with Gasteiger partial charge in [-0.3, -0.25) is 9.69 Å².